The topological polar surface area (TPSA) is 46.4 Å². The van der Waals surface area contributed by atoms with Crippen LogP contribution in [0, 0.1) is 17.0 Å². The van der Waals surface area contributed by atoms with Crippen molar-refractivity contribution in [2.75, 3.05) is 4.31 Å². The van der Waals surface area contributed by atoms with Crippen LogP contribution in [0.3, 0.4) is 0 Å². The highest BCUT2D eigenvalue weighted by Gasteiger charge is 2.12. The van der Waals surface area contributed by atoms with E-state index >= 15 is 0 Å². The first-order chi connectivity index (χ1) is 11.6. The molecule has 0 fully saturated rings. The van der Waals surface area contributed by atoms with Gasteiger partial charge < -0.3 is 0 Å². The van der Waals surface area contributed by atoms with E-state index in [2.05, 4.69) is 35.5 Å². The van der Waals surface area contributed by atoms with Gasteiger partial charge >= 0.3 is 0 Å². The molecule has 0 aliphatic carbocycles. The summed E-state index contributed by atoms with van der Waals surface area (Å²) in [7, 11) is 0. The fourth-order valence-corrected chi connectivity index (χ4v) is 3.16. The second-order valence-corrected chi connectivity index (χ2v) is 6.33. The largest absolute Gasteiger partial charge is 0.280 e. The Balaban J connectivity index is 1.93. The average molecular weight is 336 g/mol. The Labute approximate surface area is 145 Å². The number of rotatable bonds is 5. The lowest BCUT2D eigenvalue weighted by Gasteiger charge is -2.23. The number of non-ortho nitro benzene ring substituents is 1. The van der Waals surface area contributed by atoms with E-state index in [-0.39, 0.29) is 10.6 Å². The Kier molecular flexibility index (Phi) is 4.82. The third kappa shape index (κ3) is 3.75. The van der Waals surface area contributed by atoms with E-state index in [9.17, 15) is 10.1 Å². The van der Waals surface area contributed by atoms with E-state index in [1.165, 1.54) is 29.6 Å². The number of hydrogen-bond acceptors (Lipinski definition) is 4. The highest BCUT2D eigenvalue weighted by molar-refractivity contribution is 8.01. The Morgan fingerprint density at radius 3 is 2.00 bits per heavy atom. The van der Waals surface area contributed by atoms with Crippen LogP contribution in [0.2, 0.25) is 0 Å². The lowest BCUT2D eigenvalue weighted by Crippen LogP contribution is -2.06. The molecule has 0 aliphatic rings. The van der Waals surface area contributed by atoms with Crippen molar-refractivity contribution in [3.63, 3.8) is 0 Å². The summed E-state index contributed by atoms with van der Waals surface area (Å²) in [5, 5.41) is 10.8. The van der Waals surface area contributed by atoms with Crippen LogP contribution in [0.1, 0.15) is 5.56 Å². The maximum atomic E-state index is 10.8. The van der Waals surface area contributed by atoms with Crippen LogP contribution in [0.5, 0.6) is 0 Å². The second-order valence-electron chi connectivity index (χ2n) is 5.31. The Hall–Kier alpha value is -2.79. The van der Waals surface area contributed by atoms with Gasteiger partial charge in [0, 0.05) is 17.0 Å². The number of nitrogens with zero attached hydrogens (tertiary/aromatic N) is 2. The molecular formula is C19H16N2O2S. The van der Waals surface area contributed by atoms with Crippen LogP contribution >= 0.6 is 11.9 Å². The van der Waals surface area contributed by atoms with Crippen LogP contribution in [0.4, 0.5) is 17.1 Å². The highest BCUT2D eigenvalue weighted by atomic mass is 32.2. The van der Waals surface area contributed by atoms with Gasteiger partial charge in [-0.1, -0.05) is 35.9 Å². The zero-order valence-corrected chi connectivity index (χ0v) is 13.9. The molecule has 0 saturated carbocycles. The number of hydrogen-bond donors (Lipinski definition) is 0. The van der Waals surface area contributed by atoms with Crippen molar-refractivity contribution < 1.29 is 4.92 Å². The van der Waals surface area contributed by atoms with Gasteiger partial charge in [0.25, 0.3) is 5.69 Å². The molecule has 0 atom stereocenters. The van der Waals surface area contributed by atoms with Gasteiger partial charge in [0.05, 0.1) is 16.3 Å². The third-order valence-electron chi connectivity index (χ3n) is 3.50. The smallest absolute Gasteiger partial charge is 0.269 e. The van der Waals surface area contributed by atoms with Gasteiger partial charge in [-0.2, -0.15) is 0 Å². The van der Waals surface area contributed by atoms with E-state index in [1.807, 2.05) is 30.3 Å². The van der Waals surface area contributed by atoms with Gasteiger partial charge in [0.1, 0.15) is 0 Å². The van der Waals surface area contributed by atoms with Crippen LogP contribution in [-0.4, -0.2) is 4.92 Å². The summed E-state index contributed by atoms with van der Waals surface area (Å²) in [5.41, 5.74) is 3.40. The molecule has 24 heavy (non-hydrogen) atoms. The molecule has 0 aliphatic heterocycles. The predicted octanol–water partition coefficient (Wildman–Crippen LogP) is 5.75. The predicted molar refractivity (Wildman–Crippen MR) is 98.7 cm³/mol. The zero-order chi connectivity index (χ0) is 16.9. The summed E-state index contributed by atoms with van der Waals surface area (Å²) in [6.07, 6.45) is 0. The molecule has 0 amide bonds. The van der Waals surface area contributed by atoms with E-state index in [0.29, 0.717) is 0 Å². The van der Waals surface area contributed by atoms with Gasteiger partial charge in [-0.05, 0) is 55.3 Å². The maximum absolute atomic E-state index is 10.8. The Morgan fingerprint density at radius 1 is 0.833 bits per heavy atom. The normalized spacial score (nSPS) is 10.4. The van der Waals surface area contributed by atoms with Crippen molar-refractivity contribution in [2.24, 2.45) is 0 Å². The number of nitro benzene ring substituents is 1. The van der Waals surface area contributed by atoms with E-state index in [4.69, 9.17) is 0 Å². The lowest BCUT2D eigenvalue weighted by atomic mass is 10.2. The quantitative estimate of drug-likeness (QED) is 0.338. The molecule has 0 aromatic heterocycles. The van der Waals surface area contributed by atoms with Crippen LogP contribution in [0.25, 0.3) is 0 Å². The molecule has 0 spiro atoms. The van der Waals surface area contributed by atoms with Crippen LogP contribution in [0.15, 0.2) is 83.8 Å². The number of anilines is 2. The minimum atomic E-state index is -0.386. The number of nitro groups is 1. The number of para-hydroxylation sites is 1. The first-order valence-corrected chi connectivity index (χ1v) is 8.25. The van der Waals surface area contributed by atoms with Gasteiger partial charge in [-0.3, -0.25) is 14.4 Å². The van der Waals surface area contributed by atoms with Crippen LogP contribution in [-0.2, 0) is 0 Å². The molecule has 0 saturated heterocycles. The summed E-state index contributed by atoms with van der Waals surface area (Å²) in [5.74, 6) is 0. The van der Waals surface area contributed by atoms with Crippen molar-refractivity contribution in [1.82, 2.24) is 0 Å². The molecule has 0 N–H and O–H groups in total. The van der Waals surface area contributed by atoms with Gasteiger partial charge in [-0.15, -0.1) is 0 Å². The lowest BCUT2D eigenvalue weighted by molar-refractivity contribution is -0.384. The van der Waals surface area contributed by atoms with E-state index in [1.54, 1.807) is 12.1 Å². The minimum absolute atomic E-state index is 0.0981. The fourth-order valence-electron chi connectivity index (χ4n) is 2.23. The summed E-state index contributed by atoms with van der Waals surface area (Å²) in [6.45, 7) is 2.06. The number of aryl methyl sites for hydroxylation is 1. The minimum Gasteiger partial charge on any atom is -0.280 e. The Bertz CT molecular complexity index is 818. The first-order valence-electron chi connectivity index (χ1n) is 7.48. The summed E-state index contributed by atoms with van der Waals surface area (Å²) in [6, 6.07) is 24.9. The molecule has 3 rings (SSSR count). The molecular weight excluding hydrogens is 320 g/mol. The van der Waals surface area contributed by atoms with Gasteiger partial charge in [0.2, 0.25) is 0 Å². The highest BCUT2D eigenvalue weighted by Crippen LogP contribution is 2.37. The van der Waals surface area contributed by atoms with Crippen molar-refractivity contribution in [2.45, 2.75) is 11.8 Å². The molecule has 0 unspecified atom stereocenters. The number of benzene rings is 3. The molecule has 3 aromatic rings. The second kappa shape index (κ2) is 7.19. The molecule has 5 heteroatoms. The standard InChI is InChI=1S/C19H16N2O2S/c1-15-7-9-17(10-8-15)20(16-5-3-2-4-6-16)24-19-13-11-18(12-14-19)21(22)23/h2-14H,1H3. The molecule has 0 radical (unpaired) electrons. The van der Waals surface area contributed by atoms with Crippen molar-refractivity contribution in [1.29, 1.82) is 0 Å². The summed E-state index contributed by atoms with van der Waals surface area (Å²) < 4.78 is 2.11. The van der Waals surface area contributed by atoms with Gasteiger partial charge in [-0.25, -0.2) is 0 Å². The molecule has 120 valence electrons. The van der Waals surface area contributed by atoms with E-state index < -0.39 is 0 Å². The van der Waals surface area contributed by atoms with Crippen molar-refractivity contribution >= 4 is 29.0 Å². The third-order valence-corrected chi connectivity index (χ3v) is 4.59. The Morgan fingerprint density at radius 2 is 1.42 bits per heavy atom. The first kappa shape index (κ1) is 16.1. The molecule has 0 bridgehead atoms. The van der Waals surface area contributed by atoms with Gasteiger partial charge in [0.15, 0.2) is 0 Å². The summed E-state index contributed by atoms with van der Waals surface area (Å²) >= 11 is 1.53. The molecule has 3 aromatic carbocycles. The average Bonchev–Trinajstić information content (AvgIpc) is 2.62. The SMILES string of the molecule is Cc1ccc(N(Sc2ccc([N+](=O)[O-])cc2)c2ccccc2)cc1. The maximum Gasteiger partial charge on any atom is 0.269 e. The van der Waals surface area contributed by atoms with E-state index in [0.717, 1.165) is 16.3 Å². The van der Waals surface area contributed by atoms with Crippen LogP contribution < -0.4 is 4.31 Å². The van der Waals surface area contributed by atoms with Crippen molar-refractivity contribution in [3.8, 4) is 0 Å². The molecule has 4 nitrogen and oxygen atoms in total. The summed E-state index contributed by atoms with van der Waals surface area (Å²) in [4.78, 5) is 11.3. The van der Waals surface area contributed by atoms with Crippen molar-refractivity contribution in [3.05, 3.63) is 94.5 Å². The monoisotopic (exact) mass is 336 g/mol. The molecule has 0 heterocycles. The zero-order valence-electron chi connectivity index (χ0n) is 13.1. The fraction of sp³-hybridized carbons (Fsp3) is 0.0526.